The molecule has 3 aromatic carbocycles. The second-order valence-electron chi connectivity index (χ2n) is 22.0. The molecule has 93 heavy (non-hydrogen) atoms. The van der Waals surface area contributed by atoms with Crippen molar-refractivity contribution in [2.24, 2.45) is 0 Å². The molecule has 7 aromatic rings. The van der Waals surface area contributed by atoms with Crippen LogP contribution in [0.25, 0.3) is 22.3 Å². The lowest BCUT2D eigenvalue weighted by Crippen LogP contribution is -2.41. The van der Waals surface area contributed by atoms with Gasteiger partial charge in [-0.2, -0.15) is 25.0 Å². The fourth-order valence-corrected chi connectivity index (χ4v) is 12.4. The Balaban J connectivity index is 0.000000231. The number of para-hydroxylation sites is 2. The number of benzene rings is 3. The number of hydrogen-bond donors (Lipinski definition) is 7. The molecule has 0 aliphatic carbocycles. The zero-order valence-electron chi connectivity index (χ0n) is 51.2. The van der Waals surface area contributed by atoms with Crippen LogP contribution in [0.1, 0.15) is 68.3 Å². The van der Waals surface area contributed by atoms with Crippen molar-refractivity contribution in [1.29, 1.82) is 0 Å². The first-order valence-corrected chi connectivity index (χ1v) is 31.0. The van der Waals surface area contributed by atoms with Gasteiger partial charge in [-0.15, -0.1) is 0 Å². The molecular weight excluding hydrogens is 1290 g/mol. The van der Waals surface area contributed by atoms with Crippen molar-refractivity contribution >= 4 is 78.4 Å². The highest BCUT2D eigenvalue weighted by molar-refractivity contribution is 7.65. The molecule has 11 atom stereocenters. The zero-order valence-corrected chi connectivity index (χ0v) is 53.0. The lowest BCUT2D eigenvalue weighted by atomic mass is 9.98. The molecule has 28 nitrogen and oxygen atoms in total. The summed E-state index contributed by atoms with van der Waals surface area (Å²) in [5.41, 5.74) is 8.40. The van der Waals surface area contributed by atoms with E-state index in [1.54, 1.807) is 88.2 Å². The van der Waals surface area contributed by atoms with Gasteiger partial charge in [-0.3, -0.25) is 27.8 Å². The standard InChI is InChI=1S/C25H35FN7O7P.C17H15F5NO4P.C13H19FN6O3.CH4/c1-14(2)38-22(35)15(3)31-41(36,40-16-10-8-7-9-11-16)37-12-17-19(34)25(4,26)23(39-17)33-13-28-18-20(32(5)6)29-24(27)30-21(18)33;1-9(2)26-11(24)8-23-28(25,27-10-6-4-3-5-7-10)17-15(21)13(19)12(18)14(20)16(17)22;1-13(14)8(22)6(4-21)23-11(13)20-5-16-7-9(19(2)3)17-12(15)18-10(7)20;/h7-11,13-15,17,19,23,34H,12H2,1-6H3,(H,31,36)(H2,27,29,30);3-7,9H,8H2,1-2H3,(H,23,25);5-6,8,11,21-22H,4H2,1-3H3,(H2,15,17,18);1H4/t15-,17+,19+,23+,25+,41-;28-;6-,8-,11-,13-;/m011./s1. The predicted octanol–water partition coefficient (Wildman–Crippen LogP) is 6.50. The normalized spacial score (nSPS) is 22.6. The number of carbonyl (C=O) groups is 2. The second kappa shape index (κ2) is 30.0. The number of imidazole rings is 2. The number of aliphatic hydroxyl groups is 3. The van der Waals surface area contributed by atoms with Crippen LogP contribution in [0.3, 0.4) is 0 Å². The number of nitrogens with one attached hydrogen (secondary N) is 2. The third kappa shape index (κ3) is 16.6. The van der Waals surface area contributed by atoms with Gasteiger partial charge in [0.25, 0.3) is 0 Å². The minimum atomic E-state index is -4.99. The summed E-state index contributed by atoms with van der Waals surface area (Å²) in [6.07, 6.45) is -6.39. The molecule has 9 N–H and O–H groups in total. The van der Waals surface area contributed by atoms with E-state index in [0.717, 1.165) is 6.92 Å². The van der Waals surface area contributed by atoms with Gasteiger partial charge in [0, 0.05) is 28.2 Å². The molecule has 2 aliphatic rings. The Labute approximate surface area is 528 Å². The predicted molar refractivity (Wildman–Crippen MR) is 325 cm³/mol. The average molecular weight is 1360 g/mol. The van der Waals surface area contributed by atoms with Crippen LogP contribution >= 0.6 is 15.3 Å². The number of fused-ring (bicyclic) bond motifs is 2. The summed E-state index contributed by atoms with van der Waals surface area (Å²) < 4.78 is 167. The van der Waals surface area contributed by atoms with Crippen molar-refractivity contribution in [3.05, 3.63) is 102 Å². The fourth-order valence-electron chi connectivity index (χ4n) is 9.13. The van der Waals surface area contributed by atoms with Gasteiger partial charge in [0.15, 0.2) is 81.0 Å². The van der Waals surface area contributed by atoms with Gasteiger partial charge < -0.3 is 64.6 Å². The summed E-state index contributed by atoms with van der Waals surface area (Å²) in [7, 11) is -2.23. The summed E-state index contributed by atoms with van der Waals surface area (Å²) in [6, 6.07) is 13.9. The van der Waals surface area contributed by atoms with Crippen LogP contribution in [0.5, 0.6) is 11.5 Å². The maximum atomic E-state index is 16.0. The molecule has 0 radical (unpaired) electrons. The van der Waals surface area contributed by atoms with Gasteiger partial charge in [-0.1, -0.05) is 43.8 Å². The van der Waals surface area contributed by atoms with E-state index in [4.69, 9.17) is 44.0 Å². The Morgan fingerprint density at radius 2 is 1.10 bits per heavy atom. The molecule has 2 aliphatic heterocycles. The van der Waals surface area contributed by atoms with Gasteiger partial charge >= 0.3 is 27.2 Å². The van der Waals surface area contributed by atoms with E-state index in [0.29, 0.717) is 28.3 Å². The Kier molecular flexibility index (Phi) is 24.0. The van der Waals surface area contributed by atoms with Crippen molar-refractivity contribution in [2.45, 2.75) is 122 Å². The summed E-state index contributed by atoms with van der Waals surface area (Å²) in [5, 5.41) is 32.9. The van der Waals surface area contributed by atoms with Crippen LogP contribution in [0, 0.1) is 29.1 Å². The molecule has 0 spiro atoms. The zero-order chi connectivity index (χ0) is 68.1. The molecule has 0 saturated carbocycles. The third-order valence-electron chi connectivity index (χ3n) is 13.5. The van der Waals surface area contributed by atoms with Crippen molar-refractivity contribution < 1.29 is 97.3 Å². The van der Waals surface area contributed by atoms with E-state index in [-0.39, 0.29) is 36.5 Å². The maximum absolute atomic E-state index is 16.0. The number of hydrogen-bond acceptors (Lipinski definition) is 24. The Bertz CT molecular complexity index is 3820. The van der Waals surface area contributed by atoms with E-state index in [1.807, 2.05) is 5.09 Å². The molecule has 0 bridgehead atoms. The highest BCUT2D eigenvalue weighted by Gasteiger charge is 2.57. The first-order valence-electron chi connectivity index (χ1n) is 27.8. The Hall–Kier alpha value is -7.85. The second-order valence-corrected chi connectivity index (χ2v) is 25.7. The number of esters is 2. The third-order valence-corrected chi connectivity index (χ3v) is 17.2. The number of nitrogen functional groups attached to an aromatic ring is 2. The van der Waals surface area contributed by atoms with Crippen molar-refractivity contribution in [3.63, 3.8) is 0 Å². The largest absolute Gasteiger partial charge is 0.462 e. The summed E-state index contributed by atoms with van der Waals surface area (Å²) >= 11 is 0. The van der Waals surface area contributed by atoms with E-state index in [1.165, 1.54) is 73.7 Å². The van der Waals surface area contributed by atoms with Crippen molar-refractivity contribution in [1.82, 2.24) is 49.2 Å². The smallest absolute Gasteiger partial charge is 0.459 e. The summed E-state index contributed by atoms with van der Waals surface area (Å²) in [6.45, 7) is 8.26. The van der Waals surface area contributed by atoms with E-state index in [9.17, 15) is 60.4 Å². The topological polar surface area (TPSA) is 363 Å². The van der Waals surface area contributed by atoms with Crippen LogP contribution in [-0.2, 0) is 42.2 Å². The molecule has 0 unspecified atom stereocenters. The van der Waals surface area contributed by atoms with Gasteiger partial charge in [-0.05, 0) is 72.7 Å². The molecule has 0 amide bonds. The van der Waals surface area contributed by atoms with Gasteiger partial charge in [0.1, 0.15) is 53.8 Å². The number of nitrogens with zero attached hydrogens (tertiary/aromatic N) is 10. The first-order chi connectivity index (χ1) is 43.0. The molecule has 2 saturated heterocycles. The number of aromatic nitrogens is 8. The number of rotatable bonds is 21. The number of ether oxygens (including phenoxy) is 4. The number of aliphatic hydroxyl groups excluding tert-OH is 3. The first kappa shape index (κ1) is 74.2. The Morgan fingerprint density at radius 3 is 1.52 bits per heavy atom. The molecule has 6 heterocycles. The van der Waals surface area contributed by atoms with Crippen LogP contribution in [0.15, 0.2) is 73.3 Å². The van der Waals surface area contributed by atoms with Crippen LogP contribution < -0.4 is 45.8 Å². The SMILES string of the molecule is C.CC(C)OC(=O)CN[P@](=O)(Oc1ccccc1)c1c(F)c(F)c(F)c(F)c1F.CC(C)OC(=O)[C@H](C)N[P@](=O)(OC[C@H]1O[C@@H](n2cnc3c(N(C)C)nc(N)nc32)[C@](C)(F)[C@@H]1O)Oc1ccccc1.CN(C)c1nc(N)nc2c1ncn2[C@@H]1O[C@H](CO)[C@@H](O)[C@@]1(C)F. The Morgan fingerprint density at radius 1 is 0.677 bits per heavy atom. The van der Waals surface area contributed by atoms with Gasteiger partial charge in [0.2, 0.25) is 17.7 Å². The average Bonchev–Trinajstić information content (AvgIpc) is 1.43. The molecule has 9 rings (SSSR count). The minimum absolute atomic E-state index is 0. The molecule has 2 fully saturated rings. The van der Waals surface area contributed by atoms with Crippen LogP contribution in [0.2, 0.25) is 0 Å². The highest BCUT2D eigenvalue weighted by atomic mass is 31.2. The number of nitrogens with two attached hydrogens (primary N) is 2. The monoisotopic (exact) mass is 1360 g/mol. The molecule has 37 heteroatoms. The van der Waals surface area contributed by atoms with Crippen molar-refractivity contribution in [3.8, 4) is 11.5 Å². The van der Waals surface area contributed by atoms with E-state index >= 15 is 4.39 Å². The molecule has 4 aromatic heterocycles. The highest BCUT2D eigenvalue weighted by Crippen LogP contribution is 2.49. The minimum Gasteiger partial charge on any atom is -0.462 e. The quantitative estimate of drug-likeness (QED) is 0.0133. The van der Waals surface area contributed by atoms with Crippen molar-refractivity contribution in [2.75, 3.05) is 69.2 Å². The van der Waals surface area contributed by atoms with E-state index < -0.39 is 148 Å². The number of alkyl halides is 2. The lowest BCUT2D eigenvalue weighted by Gasteiger charge is -2.25. The van der Waals surface area contributed by atoms with E-state index in [2.05, 4.69) is 35.0 Å². The number of carbonyl (C=O) groups excluding carboxylic acids is 2. The molecule has 510 valence electrons. The molecular formula is C56H73F7N14O14P2. The lowest BCUT2D eigenvalue weighted by molar-refractivity contribution is -0.149. The van der Waals surface area contributed by atoms with Crippen LogP contribution in [-0.4, -0.2) is 168 Å². The number of anilines is 4. The van der Waals surface area contributed by atoms with Gasteiger partial charge in [0.05, 0.1) is 38.1 Å². The number of halogens is 7. The summed E-state index contributed by atoms with van der Waals surface area (Å²) in [4.78, 5) is 52.6. The van der Waals surface area contributed by atoms with Crippen LogP contribution in [0.4, 0.5) is 54.3 Å². The fraction of sp³-hybridized carbons (Fsp3) is 0.464. The maximum Gasteiger partial charge on any atom is 0.459 e. The summed E-state index contributed by atoms with van der Waals surface area (Å²) in [5.74, 6) is -12.5. The van der Waals surface area contributed by atoms with Gasteiger partial charge in [-0.25, -0.2) is 50.4 Å².